The number of hydrogen-bond acceptors (Lipinski definition) is 8. The van der Waals surface area contributed by atoms with E-state index in [0.717, 1.165) is 48.3 Å². The first-order valence-electron chi connectivity index (χ1n) is 14.5. The molecule has 13 nitrogen and oxygen atoms in total. The van der Waals surface area contributed by atoms with Crippen LogP contribution in [0.15, 0.2) is 53.7 Å². The SMILES string of the molecule is CN1CCN(c2ccc(C(=O)Nc3n[nH]c4c3CN(S(=O)(=O)c3cc(F)cc(F)c3)C4(C)C)c(NC(=O)c3nccn3C)c2)CC1. The number of carbonyl (C=O) groups excluding carboxylic acids is 2. The number of aromatic nitrogens is 4. The summed E-state index contributed by atoms with van der Waals surface area (Å²) in [7, 11) is -0.628. The average molecular weight is 654 g/mol. The van der Waals surface area contributed by atoms with Crippen molar-refractivity contribution in [1.29, 1.82) is 0 Å². The molecule has 4 aromatic rings. The predicted molar refractivity (Wildman–Crippen MR) is 166 cm³/mol. The summed E-state index contributed by atoms with van der Waals surface area (Å²) in [5.41, 5.74) is 0.847. The molecule has 0 unspecified atom stereocenters. The van der Waals surface area contributed by atoms with Crippen LogP contribution in [0.3, 0.4) is 0 Å². The van der Waals surface area contributed by atoms with E-state index in [4.69, 9.17) is 0 Å². The molecule has 242 valence electrons. The Morgan fingerprint density at radius 1 is 0.957 bits per heavy atom. The molecule has 0 spiro atoms. The van der Waals surface area contributed by atoms with E-state index in [-0.39, 0.29) is 29.4 Å². The summed E-state index contributed by atoms with van der Waals surface area (Å²) in [5, 5.41) is 12.7. The molecule has 0 aliphatic carbocycles. The van der Waals surface area contributed by atoms with Crippen molar-refractivity contribution in [2.75, 3.05) is 48.8 Å². The third kappa shape index (κ3) is 5.63. The lowest BCUT2D eigenvalue weighted by Gasteiger charge is -2.34. The maximum atomic E-state index is 13.9. The number of H-pyrrole nitrogens is 1. The van der Waals surface area contributed by atoms with E-state index in [2.05, 4.69) is 35.6 Å². The Balaban J connectivity index is 1.30. The van der Waals surface area contributed by atoms with Crippen molar-refractivity contribution in [2.24, 2.45) is 7.05 Å². The van der Waals surface area contributed by atoms with Gasteiger partial charge in [0.05, 0.1) is 27.4 Å². The maximum Gasteiger partial charge on any atom is 0.291 e. The predicted octanol–water partition coefficient (Wildman–Crippen LogP) is 3.12. The van der Waals surface area contributed by atoms with Gasteiger partial charge in [0.1, 0.15) is 11.6 Å². The largest absolute Gasteiger partial charge is 0.369 e. The summed E-state index contributed by atoms with van der Waals surface area (Å²) in [4.78, 5) is 34.9. The molecule has 1 saturated heterocycles. The number of amides is 2. The lowest BCUT2D eigenvalue weighted by Crippen LogP contribution is -2.44. The molecule has 0 bridgehead atoms. The molecule has 0 atom stereocenters. The molecular weight excluding hydrogens is 620 g/mol. The van der Waals surface area contributed by atoms with Crippen molar-refractivity contribution >= 4 is 39.0 Å². The zero-order valence-corrected chi connectivity index (χ0v) is 26.5. The minimum Gasteiger partial charge on any atom is -0.369 e. The van der Waals surface area contributed by atoms with Crippen LogP contribution >= 0.6 is 0 Å². The standard InChI is InChI=1S/C30H33F2N9O4S/c1-30(2)25-23(17-41(30)46(44,45)21-14-18(31)13-19(32)15-21)26(37-36-25)35-28(42)22-6-5-20(40-11-9-38(3)10-12-40)16-24(22)34-29(43)27-33-7-8-39(27)4/h5-8,13-16H,9-12,17H2,1-4H3,(H,34,43)(H2,35,36,37,42). The van der Waals surface area contributed by atoms with E-state index in [0.29, 0.717) is 17.3 Å². The third-order valence-corrected chi connectivity index (χ3v) is 10.4. The molecule has 6 rings (SSSR count). The number of hydrogen-bond donors (Lipinski definition) is 3. The Bertz CT molecular complexity index is 1930. The monoisotopic (exact) mass is 653 g/mol. The number of aromatic amines is 1. The zero-order valence-electron chi connectivity index (χ0n) is 25.6. The molecule has 3 N–H and O–H groups in total. The number of nitrogens with one attached hydrogen (secondary N) is 3. The van der Waals surface area contributed by atoms with Gasteiger partial charge in [-0.05, 0) is 51.2 Å². The van der Waals surface area contributed by atoms with Crippen molar-refractivity contribution in [3.63, 3.8) is 0 Å². The van der Waals surface area contributed by atoms with Gasteiger partial charge in [0.2, 0.25) is 10.0 Å². The smallest absolute Gasteiger partial charge is 0.291 e. The summed E-state index contributed by atoms with van der Waals surface area (Å²) in [6.45, 7) is 6.28. The number of benzene rings is 2. The van der Waals surface area contributed by atoms with Crippen molar-refractivity contribution < 1.29 is 26.8 Å². The summed E-state index contributed by atoms with van der Waals surface area (Å²) in [6, 6.07) is 7.28. The molecule has 0 saturated carbocycles. The summed E-state index contributed by atoms with van der Waals surface area (Å²) >= 11 is 0. The minimum absolute atomic E-state index is 0.0840. The number of anilines is 3. The summed E-state index contributed by atoms with van der Waals surface area (Å²) < 4.78 is 57.6. The van der Waals surface area contributed by atoms with E-state index in [9.17, 15) is 26.8 Å². The lowest BCUT2D eigenvalue weighted by atomic mass is 10.0. The van der Waals surface area contributed by atoms with Crippen molar-refractivity contribution in [1.82, 2.24) is 29.0 Å². The van der Waals surface area contributed by atoms with E-state index in [1.807, 2.05) is 7.05 Å². The Labute approximate surface area is 264 Å². The summed E-state index contributed by atoms with van der Waals surface area (Å²) in [6.07, 6.45) is 3.13. The van der Waals surface area contributed by atoms with Gasteiger partial charge in [0.25, 0.3) is 11.8 Å². The second-order valence-corrected chi connectivity index (χ2v) is 13.8. The number of imidazole rings is 1. The Morgan fingerprint density at radius 2 is 1.65 bits per heavy atom. The van der Waals surface area contributed by atoms with Gasteiger partial charge >= 0.3 is 0 Å². The van der Waals surface area contributed by atoms with Crippen LogP contribution in [0.1, 0.15) is 46.1 Å². The highest BCUT2D eigenvalue weighted by molar-refractivity contribution is 7.89. The van der Waals surface area contributed by atoms with E-state index >= 15 is 0 Å². The van der Waals surface area contributed by atoms with Gasteiger partial charge < -0.3 is 25.0 Å². The second kappa shape index (κ2) is 11.6. The Morgan fingerprint density at radius 3 is 2.30 bits per heavy atom. The van der Waals surface area contributed by atoms with Crippen molar-refractivity contribution in [2.45, 2.75) is 30.8 Å². The van der Waals surface area contributed by atoms with Crippen LogP contribution < -0.4 is 15.5 Å². The van der Waals surface area contributed by atoms with Gasteiger partial charge in [-0.1, -0.05) is 0 Å². The third-order valence-electron chi connectivity index (χ3n) is 8.45. The van der Waals surface area contributed by atoms with Crippen LogP contribution in [0.4, 0.5) is 26.0 Å². The van der Waals surface area contributed by atoms with Crippen LogP contribution in [0.2, 0.25) is 0 Å². The molecule has 1 fully saturated rings. The number of piperazine rings is 1. The topological polar surface area (TPSA) is 149 Å². The fourth-order valence-corrected chi connectivity index (χ4v) is 7.59. The van der Waals surface area contributed by atoms with Crippen LogP contribution in [-0.2, 0) is 29.2 Å². The van der Waals surface area contributed by atoms with E-state index < -0.39 is 43.9 Å². The fourth-order valence-electron chi connectivity index (χ4n) is 5.82. The highest BCUT2D eigenvalue weighted by Crippen LogP contribution is 2.44. The number of carbonyl (C=O) groups is 2. The van der Waals surface area contributed by atoms with Crippen molar-refractivity contribution in [3.05, 3.63) is 83.1 Å². The quantitative estimate of drug-likeness (QED) is 0.276. The van der Waals surface area contributed by atoms with Crippen LogP contribution in [-0.4, -0.2) is 82.4 Å². The Kier molecular flexibility index (Phi) is 7.90. The van der Waals surface area contributed by atoms with Crippen molar-refractivity contribution in [3.8, 4) is 0 Å². The molecule has 16 heteroatoms. The van der Waals surface area contributed by atoms with E-state index in [1.165, 1.54) is 6.20 Å². The molecular formula is C30H33F2N9O4S. The zero-order chi connectivity index (χ0) is 33.0. The molecule has 2 aliphatic rings. The average Bonchev–Trinajstić information content (AvgIpc) is 3.68. The summed E-state index contributed by atoms with van der Waals surface area (Å²) in [5.74, 6) is -2.90. The molecule has 2 aliphatic heterocycles. The fraction of sp³-hybridized carbons (Fsp3) is 0.333. The minimum atomic E-state index is -4.36. The number of halogens is 2. The number of rotatable bonds is 7. The molecule has 46 heavy (non-hydrogen) atoms. The first kappa shape index (κ1) is 31.3. The van der Waals surface area contributed by atoms with Crippen LogP contribution in [0.25, 0.3) is 0 Å². The van der Waals surface area contributed by atoms with Gasteiger partial charge in [-0.15, -0.1) is 0 Å². The van der Waals surface area contributed by atoms with Gasteiger partial charge in [-0.2, -0.15) is 9.40 Å². The Hall–Kier alpha value is -4.67. The van der Waals surface area contributed by atoms with Gasteiger partial charge in [0.15, 0.2) is 11.6 Å². The first-order chi connectivity index (χ1) is 21.8. The normalized spacial score (nSPS) is 16.8. The van der Waals surface area contributed by atoms with Gasteiger partial charge in [-0.3, -0.25) is 14.7 Å². The first-order valence-corrected chi connectivity index (χ1v) is 15.9. The number of sulfonamides is 1. The highest BCUT2D eigenvalue weighted by atomic mass is 32.2. The molecule has 0 radical (unpaired) electrons. The van der Waals surface area contributed by atoms with Gasteiger partial charge in [0, 0.05) is 69.5 Å². The molecule has 2 aromatic heterocycles. The lowest BCUT2D eigenvalue weighted by molar-refractivity contribution is 0.101. The molecule has 2 amide bonds. The van der Waals surface area contributed by atoms with Crippen LogP contribution in [0, 0.1) is 11.6 Å². The number of fused-ring (bicyclic) bond motifs is 1. The van der Waals surface area contributed by atoms with Crippen LogP contribution in [0.5, 0.6) is 0 Å². The highest BCUT2D eigenvalue weighted by Gasteiger charge is 2.48. The maximum absolute atomic E-state index is 13.9. The number of nitrogens with zero attached hydrogens (tertiary/aromatic N) is 6. The van der Waals surface area contributed by atoms with E-state index in [1.54, 1.807) is 49.9 Å². The number of aryl methyl sites for hydroxylation is 1. The number of likely N-dealkylation sites (N-methyl/N-ethyl adjacent to an activating group) is 1. The van der Waals surface area contributed by atoms with Gasteiger partial charge in [-0.25, -0.2) is 22.2 Å². The second-order valence-electron chi connectivity index (χ2n) is 11.9. The molecule has 4 heterocycles. The molecule has 2 aromatic carbocycles.